The van der Waals surface area contributed by atoms with Gasteiger partial charge in [-0.2, -0.15) is 0 Å². The first kappa shape index (κ1) is 18.0. The zero-order valence-electron chi connectivity index (χ0n) is 14.8. The summed E-state index contributed by atoms with van der Waals surface area (Å²) < 4.78 is 5.83. The van der Waals surface area contributed by atoms with Crippen LogP contribution in [-0.4, -0.2) is 13.7 Å². The quantitative estimate of drug-likeness (QED) is 0.773. The summed E-state index contributed by atoms with van der Waals surface area (Å²) in [4.78, 5) is 0. The van der Waals surface area contributed by atoms with Crippen molar-refractivity contribution < 1.29 is 4.74 Å². The van der Waals surface area contributed by atoms with Gasteiger partial charge in [0.15, 0.2) is 0 Å². The van der Waals surface area contributed by atoms with Crippen LogP contribution in [0, 0.1) is 6.92 Å². The Morgan fingerprint density at radius 2 is 1.86 bits per heavy atom. The van der Waals surface area contributed by atoms with Gasteiger partial charge >= 0.3 is 0 Å². The summed E-state index contributed by atoms with van der Waals surface area (Å²) in [6.45, 7) is 12.0. The van der Waals surface area contributed by atoms with Crippen LogP contribution in [0.15, 0.2) is 12.1 Å². The van der Waals surface area contributed by atoms with Gasteiger partial charge in [0, 0.05) is 5.56 Å². The summed E-state index contributed by atoms with van der Waals surface area (Å²) in [5.74, 6) is 1.64. The Morgan fingerprint density at radius 1 is 1.19 bits per heavy atom. The smallest absolute Gasteiger partial charge is 0.126 e. The average Bonchev–Trinajstić information content (AvgIpc) is 2.41. The van der Waals surface area contributed by atoms with E-state index in [2.05, 4.69) is 46.8 Å². The molecule has 0 aliphatic heterocycles. The van der Waals surface area contributed by atoms with E-state index in [1.165, 1.54) is 29.5 Å². The molecule has 2 nitrogen and oxygen atoms in total. The van der Waals surface area contributed by atoms with Crippen molar-refractivity contribution >= 4 is 0 Å². The van der Waals surface area contributed by atoms with Crippen molar-refractivity contribution in [3.63, 3.8) is 0 Å². The topological polar surface area (TPSA) is 35.2 Å². The molecule has 0 aromatic heterocycles. The first-order valence-corrected chi connectivity index (χ1v) is 8.24. The van der Waals surface area contributed by atoms with Crippen LogP contribution in [0.3, 0.4) is 0 Å². The summed E-state index contributed by atoms with van der Waals surface area (Å²) in [5, 5.41) is 0. The number of ether oxygens (including phenoxy) is 1. The van der Waals surface area contributed by atoms with Gasteiger partial charge in [0.05, 0.1) is 7.11 Å². The van der Waals surface area contributed by atoms with E-state index in [-0.39, 0.29) is 5.41 Å². The molecule has 0 fully saturated rings. The third-order valence-corrected chi connectivity index (χ3v) is 4.11. The van der Waals surface area contributed by atoms with E-state index >= 15 is 0 Å². The summed E-state index contributed by atoms with van der Waals surface area (Å²) >= 11 is 0. The highest BCUT2D eigenvalue weighted by Gasteiger charge is 2.24. The van der Waals surface area contributed by atoms with E-state index in [0.717, 1.165) is 25.1 Å². The minimum Gasteiger partial charge on any atom is -0.496 e. The monoisotopic (exact) mass is 291 g/mol. The SMILES string of the molecule is CCCC(CCCN)c1cc(C)cc(C(C)(C)C)c1OC. The predicted octanol–water partition coefficient (Wildman–Crippen LogP) is 4.92. The van der Waals surface area contributed by atoms with Gasteiger partial charge in [-0.15, -0.1) is 0 Å². The number of rotatable bonds is 7. The zero-order valence-corrected chi connectivity index (χ0v) is 14.8. The molecule has 0 aliphatic carbocycles. The number of nitrogens with two attached hydrogens (primary N) is 1. The van der Waals surface area contributed by atoms with Crippen molar-refractivity contribution in [3.8, 4) is 5.75 Å². The van der Waals surface area contributed by atoms with Crippen molar-refractivity contribution in [1.29, 1.82) is 0 Å². The van der Waals surface area contributed by atoms with Crippen molar-refractivity contribution in [2.75, 3.05) is 13.7 Å². The van der Waals surface area contributed by atoms with Crippen molar-refractivity contribution in [3.05, 3.63) is 28.8 Å². The Kier molecular flexibility index (Phi) is 6.73. The van der Waals surface area contributed by atoms with Crippen LogP contribution < -0.4 is 10.5 Å². The first-order chi connectivity index (χ1) is 9.85. The Balaban J connectivity index is 3.34. The fourth-order valence-corrected chi connectivity index (χ4v) is 3.06. The maximum absolute atomic E-state index is 5.83. The molecule has 1 rings (SSSR count). The van der Waals surface area contributed by atoms with E-state index in [9.17, 15) is 0 Å². The predicted molar refractivity (Wildman–Crippen MR) is 92.4 cm³/mol. The fraction of sp³-hybridized carbons (Fsp3) is 0.684. The molecule has 2 N–H and O–H groups in total. The second-order valence-corrected chi connectivity index (χ2v) is 7.10. The number of benzene rings is 1. The highest BCUT2D eigenvalue weighted by molar-refractivity contribution is 5.49. The molecule has 1 unspecified atom stereocenters. The maximum atomic E-state index is 5.83. The molecule has 0 bridgehead atoms. The molecule has 21 heavy (non-hydrogen) atoms. The van der Waals surface area contributed by atoms with Gasteiger partial charge < -0.3 is 10.5 Å². The van der Waals surface area contributed by atoms with Crippen molar-refractivity contribution in [2.24, 2.45) is 5.73 Å². The second kappa shape index (κ2) is 7.84. The molecule has 1 aromatic rings. The Labute approximate surface area is 131 Å². The van der Waals surface area contributed by atoms with Gasteiger partial charge in [0.25, 0.3) is 0 Å². The van der Waals surface area contributed by atoms with E-state index in [1.807, 2.05) is 0 Å². The van der Waals surface area contributed by atoms with Crippen LogP contribution in [0.4, 0.5) is 0 Å². The Bertz CT molecular complexity index is 446. The minimum atomic E-state index is 0.0940. The lowest BCUT2D eigenvalue weighted by Gasteiger charge is -2.28. The highest BCUT2D eigenvalue weighted by atomic mass is 16.5. The normalized spacial score (nSPS) is 13.3. The average molecular weight is 291 g/mol. The van der Waals surface area contributed by atoms with Gasteiger partial charge in [-0.1, -0.05) is 51.8 Å². The summed E-state index contributed by atoms with van der Waals surface area (Å²) in [6.07, 6.45) is 4.61. The summed E-state index contributed by atoms with van der Waals surface area (Å²) in [6, 6.07) is 4.58. The zero-order chi connectivity index (χ0) is 16.0. The van der Waals surface area contributed by atoms with Gasteiger partial charge in [0.2, 0.25) is 0 Å². The number of hydrogen-bond acceptors (Lipinski definition) is 2. The molecule has 0 heterocycles. The number of aryl methyl sites for hydroxylation is 1. The van der Waals surface area contributed by atoms with Crippen molar-refractivity contribution in [2.45, 2.75) is 71.6 Å². The van der Waals surface area contributed by atoms with Crippen LogP contribution in [-0.2, 0) is 5.41 Å². The number of methoxy groups -OCH3 is 1. The lowest BCUT2D eigenvalue weighted by atomic mass is 9.80. The van der Waals surface area contributed by atoms with E-state index in [1.54, 1.807) is 7.11 Å². The van der Waals surface area contributed by atoms with Crippen LogP contribution in [0.25, 0.3) is 0 Å². The van der Waals surface area contributed by atoms with Crippen LogP contribution in [0.1, 0.15) is 76.0 Å². The van der Waals surface area contributed by atoms with Crippen LogP contribution in [0.5, 0.6) is 5.75 Å². The third-order valence-electron chi connectivity index (χ3n) is 4.11. The highest BCUT2D eigenvalue weighted by Crippen LogP contribution is 2.41. The maximum Gasteiger partial charge on any atom is 0.126 e. The largest absolute Gasteiger partial charge is 0.496 e. The molecule has 120 valence electrons. The third kappa shape index (κ3) is 4.74. The molecular weight excluding hydrogens is 258 g/mol. The molecule has 1 atom stereocenters. The first-order valence-electron chi connectivity index (χ1n) is 8.24. The molecule has 0 amide bonds. The Hall–Kier alpha value is -1.02. The van der Waals surface area contributed by atoms with Gasteiger partial charge in [-0.25, -0.2) is 0 Å². The molecule has 0 saturated carbocycles. The van der Waals surface area contributed by atoms with Crippen LogP contribution >= 0.6 is 0 Å². The Morgan fingerprint density at radius 3 is 2.33 bits per heavy atom. The fourth-order valence-electron chi connectivity index (χ4n) is 3.06. The van der Waals surface area contributed by atoms with Crippen LogP contribution in [0.2, 0.25) is 0 Å². The lowest BCUT2D eigenvalue weighted by molar-refractivity contribution is 0.384. The van der Waals surface area contributed by atoms with E-state index < -0.39 is 0 Å². The minimum absolute atomic E-state index is 0.0940. The molecule has 0 aliphatic rings. The molecular formula is C19H33NO. The molecule has 0 radical (unpaired) electrons. The van der Waals surface area contributed by atoms with Gasteiger partial charge in [-0.05, 0) is 49.6 Å². The summed E-state index contributed by atoms with van der Waals surface area (Å²) in [7, 11) is 1.80. The summed E-state index contributed by atoms with van der Waals surface area (Å²) in [5.41, 5.74) is 9.82. The molecule has 0 saturated heterocycles. The molecule has 1 aromatic carbocycles. The van der Waals surface area contributed by atoms with E-state index in [4.69, 9.17) is 10.5 Å². The standard InChI is InChI=1S/C19H33NO/c1-7-9-15(10-8-11-20)16-12-14(2)13-17(18(16)21-6)19(3,4)5/h12-13,15H,7-11,20H2,1-6H3. The number of hydrogen-bond donors (Lipinski definition) is 1. The van der Waals surface area contributed by atoms with E-state index in [0.29, 0.717) is 5.92 Å². The second-order valence-electron chi connectivity index (χ2n) is 7.10. The van der Waals surface area contributed by atoms with Gasteiger partial charge in [-0.3, -0.25) is 0 Å². The molecule has 0 spiro atoms. The lowest BCUT2D eigenvalue weighted by Crippen LogP contribution is -2.16. The van der Waals surface area contributed by atoms with Gasteiger partial charge in [0.1, 0.15) is 5.75 Å². The van der Waals surface area contributed by atoms with Crippen molar-refractivity contribution in [1.82, 2.24) is 0 Å². The molecule has 2 heteroatoms.